The number of fused-ring (bicyclic) bond motifs is 1. The van der Waals surface area contributed by atoms with E-state index in [-0.39, 0.29) is 18.2 Å². The van der Waals surface area contributed by atoms with Gasteiger partial charge in [-0.2, -0.15) is 5.10 Å². The van der Waals surface area contributed by atoms with E-state index in [0.29, 0.717) is 5.65 Å². The predicted molar refractivity (Wildman–Crippen MR) is 116 cm³/mol. The Hall–Kier alpha value is -3.10. The number of aromatic amines is 1. The lowest BCUT2D eigenvalue weighted by Gasteiger charge is -2.17. The first-order valence-electron chi connectivity index (χ1n) is 10.1. The van der Waals surface area contributed by atoms with Crippen LogP contribution in [0.5, 0.6) is 0 Å². The van der Waals surface area contributed by atoms with Gasteiger partial charge in [-0.1, -0.05) is 38.1 Å². The van der Waals surface area contributed by atoms with Gasteiger partial charge in [0.25, 0.3) is 0 Å². The van der Waals surface area contributed by atoms with E-state index in [0.717, 1.165) is 33.5 Å². The Morgan fingerprint density at radius 2 is 1.90 bits per heavy atom. The number of nitrogens with zero attached hydrogens (tertiary/aromatic N) is 2. The van der Waals surface area contributed by atoms with Gasteiger partial charge in [-0.3, -0.25) is 9.89 Å². The molecule has 0 bridgehead atoms. The number of aliphatic carboxylic acids is 1. The summed E-state index contributed by atoms with van der Waals surface area (Å²) in [5.74, 6) is -1.44. The molecule has 0 aliphatic heterocycles. The monoisotopic (exact) mass is 427 g/mol. The van der Waals surface area contributed by atoms with Gasteiger partial charge in [-0.15, -0.1) is 0 Å². The van der Waals surface area contributed by atoms with Crippen molar-refractivity contribution in [2.75, 3.05) is 0 Å². The topological polar surface area (TPSA) is 119 Å². The number of halogens is 1. The zero-order chi connectivity index (χ0) is 22.7. The first-order chi connectivity index (χ1) is 14.7. The van der Waals surface area contributed by atoms with Gasteiger partial charge in [0, 0.05) is 23.2 Å². The van der Waals surface area contributed by atoms with Crippen LogP contribution in [0.1, 0.15) is 49.6 Å². The van der Waals surface area contributed by atoms with Crippen LogP contribution in [0.3, 0.4) is 0 Å². The summed E-state index contributed by atoms with van der Waals surface area (Å²) in [5, 5.41) is 37.0. The van der Waals surface area contributed by atoms with Crippen LogP contribution in [0.15, 0.2) is 30.3 Å². The zero-order valence-electron chi connectivity index (χ0n) is 17.6. The molecule has 4 N–H and O–H groups in total. The maximum Gasteiger partial charge on any atom is 0.305 e. The van der Waals surface area contributed by atoms with Crippen LogP contribution in [-0.4, -0.2) is 48.7 Å². The van der Waals surface area contributed by atoms with E-state index in [9.17, 15) is 19.4 Å². The normalized spacial score (nSPS) is 13.9. The molecule has 3 aromatic rings. The number of aromatic nitrogens is 3. The van der Waals surface area contributed by atoms with Gasteiger partial charge < -0.3 is 15.3 Å². The maximum atomic E-state index is 13.6. The van der Waals surface area contributed by atoms with Crippen LogP contribution in [-0.2, 0) is 4.79 Å². The molecule has 0 radical (unpaired) electrons. The molecule has 0 amide bonds. The number of nitrogens with one attached hydrogen (secondary N) is 1. The largest absolute Gasteiger partial charge is 0.481 e. The molecule has 8 heteroatoms. The quantitative estimate of drug-likeness (QED) is 0.434. The molecule has 0 aliphatic carbocycles. The van der Waals surface area contributed by atoms with Crippen LogP contribution >= 0.6 is 0 Å². The van der Waals surface area contributed by atoms with Crippen molar-refractivity contribution in [2.24, 2.45) is 0 Å². The molecule has 3 rings (SSSR count). The first-order valence-corrected chi connectivity index (χ1v) is 10.1. The number of aryl methyl sites for hydroxylation is 1. The minimum atomic E-state index is -1.16. The molecule has 2 aromatic heterocycles. The minimum Gasteiger partial charge on any atom is -0.481 e. The van der Waals surface area contributed by atoms with Crippen LogP contribution in [0, 0.1) is 12.7 Å². The molecular weight excluding hydrogens is 401 g/mol. The van der Waals surface area contributed by atoms with Gasteiger partial charge in [0.1, 0.15) is 5.82 Å². The SMILES string of the molecule is Cc1[nH]nc2nc(C(C)C)c(/C=C/[C@@H](O)C[C@@H](O)CC(=O)O)c(-c3ccc(F)cc3)c12. The highest BCUT2D eigenvalue weighted by Crippen LogP contribution is 2.37. The third-order valence-corrected chi connectivity index (χ3v) is 5.04. The molecule has 0 fully saturated rings. The van der Waals surface area contributed by atoms with Crippen LogP contribution < -0.4 is 0 Å². The summed E-state index contributed by atoms with van der Waals surface area (Å²) in [6.45, 7) is 5.86. The summed E-state index contributed by atoms with van der Waals surface area (Å²) in [6.07, 6.45) is 0.496. The molecule has 0 saturated heterocycles. The Morgan fingerprint density at radius 3 is 2.52 bits per heavy atom. The van der Waals surface area contributed by atoms with Gasteiger partial charge in [-0.25, -0.2) is 9.37 Å². The molecule has 2 atom stereocenters. The molecule has 1 aromatic carbocycles. The van der Waals surface area contributed by atoms with E-state index >= 15 is 0 Å². The number of rotatable bonds is 8. The number of carbonyl (C=O) groups is 1. The van der Waals surface area contributed by atoms with Crippen molar-refractivity contribution < 1.29 is 24.5 Å². The summed E-state index contributed by atoms with van der Waals surface area (Å²) in [4.78, 5) is 15.4. The summed E-state index contributed by atoms with van der Waals surface area (Å²) >= 11 is 0. The van der Waals surface area contributed by atoms with Gasteiger partial charge in [0.05, 0.1) is 29.7 Å². The van der Waals surface area contributed by atoms with E-state index in [1.165, 1.54) is 18.2 Å². The average Bonchev–Trinajstić information content (AvgIpc) is 3.06. The van der Waals surface area contributed by atoms with E-state index in [1.807, 2.05) is 20.8 Å². The number of pyridine rings is 1. The highest BCUT2D eigenvalue weighted by atomic mass is 19.1. The molecule has 2 heterocycles. The number of aliphatic hydroxyl groups is 2. The van der Waals surface area contributed by atoms with Crippen molar-refractivity contribution in [3.8, 4) is 11.1 Å². The second-order valence-corrected chi connectivity index (χ2v) is 7.91. The van der Waals surface area contributed by atoms with Crippen molar-refractivity contribution in [2.45, 2.75) is 51.7 Å². The van der Waals surface area contributed by atoms with Crippen molar-refractivity contribution in [3.63, 3.8) is 0 Å². The smallest absolute Gasteiger partial charge is 0.305 e. The lowest BCUT2D eigenvalue weighted by atomic mass is 9.91. The van der Waals surface area contributed by atoms with Gasteiger partial charge in [-0.05, 0) is 30.5 Å². The summed E-state index contributed by atoms with van der Waals surface area (Å²) < 4.78 is 13.6. The minimum absolute atomic E-state index is 0.0370. The molecule has 0 spiro atoms. The Bertz CT molecular complexity index is 1110. The Kier molecular flexibility index (Phi) is 6.82. The zero-order valence-corrected chi connectivity index (χ0v) is 17.6. The number of carboxylic acids is 1. The molecule has 0 unspecified atom stereocenters. The fourth-order valence-corrected chi connectivity index (χ4v) is 3.61. The van der Waals surface area contributed by atoms with E-state index < -0.39 is 24.6 Å². The third kappa shape index (κ3) is 5.15. The second kappa shape index (κ2) is 9.36. The van der Waals surface area contributed by atoms with Gasteiger partial charge >= 0.3 is 5.97 Å². The van der Waals surface area contributed by atoms with Crippen molar-refractivity contribution in [1.82, 2.24) is 15.2 Å². The van der Waals surface area contributed by atoms with E-state index in [2.05, 4.69) is 10.2 Å². The molecular formula is C23H26FN3O4. The summed E-state index contributed by atoms with van der Waals surface area (Å²) in [5.41, 5.74) is 4.47. The van der Waals surface area contributed by atoms with Crippen molar-refractivity contribution >= 4 is 23.1 Å². The molecule has 0 saturated carbocycles. The highest BCUT2D eigenvalue weighted by molar-refractivity contribution is 5.99. The lowest BCUT2D eigenvalue weighted by Crippen LogP contribution is -2.19. The van der Waals surface area contributed by atoms with Crippen molar-refractivity contribution in [3.05, 3.63) is 53.1 Å². The maximum absolute atomic E-state index is 13.6. The Morgan fingerprint density at radius 1 is 1.23 bits per heavy atom. The molecule has 31 heavy (non-hydrogen) atoms. The number of aliphatic hydroxyl groups excluding tert-OH is 2. The fraction of sp³-hybridized carbons (Fsp3) is 0.348. The number of carboxylic acid groups (broad SMARTS) is 1. The second-order valence-electron chi connectivity index (χ2n) is 7.91. The number of hydrogen-bond acceptors (Lipinski definition) is 5. The van der Waals surface area contributed by atoms with Crippen LogP contribution in [0.4, 0.5) is 4.39 Å². The van der Waals surface area contributed by atoms with Crippen LogP contribution in [0.25, 0.3) is 28.2 Å². The third-order valence-electron chi connectivity index (χ3n) is 5.04. The molecule has 0 aliphatic rings. The lowest BCUT2D eigenvalue weighted by molar-refractivity contribution is -0.139. The fourth-order valence-electron chi connectivity index (χ4n) is 3.61. The number of hydrogen-bond donors (Lipinski definition) is 4. The standard InChI is InChI=1S/C23H26FN3O4/c1-12(2)22-18(9-8-16(28)10-17(29)11-19(30)31)21(14-4-6-15(24)7-5-14)20-13(3)26-27-23(20)25-22/h4-9,12,16-17,28-29H,10-11H2,1-3H3,(H,30,31)(H,25,26,27)/b9-8+/t16-,17-/m1/s1. The van der Waals surface area contributed by atoms with E-state index in [1.54, 1.807) is 18.2 Å². The predicted octanol–water partition coefficient (Wildman–Crippen LogP) is 3.80. The highest BCUT2D eigenvalue weighted by Gasteiger charge is 2.21. The number of H-pyrrole nitrogens is 1. The van der Waals surface area contributed by atoms with Crippen LogP contribution in [0.2, 0.25) is 0 Å². The van der Waals surface area contributed by atoms with Crippen molar-refractivity contribution in [1.29, 1.82) is 0 Å². The van der Waals surface area contributed by atoms with E-state index in [4.69, 9.17) is 10.1 Å². The van der Waals surface area contributed by atoms with Gasteiger partial charge in [0.2, 0.25) is 0 Å². The average molecular weight is 427 g/mol. The number of benzene rings is 1. The Labute approximate surface area is 179 Å². The first kappa shape index (κ1) is 22.6. The molecule has 164 valence electrons. The summed E-state index contributed by atoms with van der Waals surface area (Å²) in [6, 6.07) is 6.14. The Balaban J connectivity index is 2.13. The summed E-state index contributed by atoms with van der Waals surface area (Å²) in [7, 11) is 0. The van der Waals surface area contributed by atoms with Gasteiger partial charge in [0.15, 0.2) is 5.65 Å². The molecule has 7 nitrogen and oxygen atoms in total.